The molecule has 0 spiro atoms. The van der Waals surface area contributed by atoms with Gasteiger partial charge in [-0.05, 0) is 41.8 Å². The number of nitrogens with zero attached hydrogens (tertiary/aromatic N) is 3. The molecule has 0 radical (unpaired) electrons. The van der Waals surface area contributed by atoms with E-state index in [1.54, 1.807) is 30.6 Å². The summed E-state index contributed by atoms with van der Waals surface area (Å²) in [6.07, 6.45) is 0.144. The molecule has 0 bridgehead atoms. The van der Waals surface area contributed by atoms with E-state index >= 15 is 0 Å². The van der Waals surface area contributed by atoms with Crippen molar-refractivity contribution in [2.75, 3.05) is 0 Å². The van der Waals surface area contributed by atoms with Crippen LogP contribution in [0.1, 0.15) is 51.6 Å². The smallest absolute Gasteiger partial charge is 0.416 e. The number of aromatic nitrogens is 2. The number of hydrogen-bond acceptors (Lipinski definition) is 5. The van der Waals surface area contributed by atoms with Gasteiger partial charge in [0.1, 0.15) is 6.26 Å². The summed E-state index contributed by atoms with van der Waals surface area (Å²) in [7, 11) is 0. The zero-order valence-corrected chi connectivity index (χ0v) is 19.6. The predicted molar refractivity (Wildman–Crippen MR) is 127 cm³/mol. The van der Waals surface area contributed by atoms with Crippen molar-refractivity contribution in [1.82, 2.24) is 20.2 Å². The number of halogens is 3. The van der Waals surface area contributed by atoms with E-state index in [1.165, 1.54) is 12.3 Å². The number of carbonyl (C=O) groups is 1. The molecule has 1 N–H and O–H groups in total. The van der Waals surface area contributed by atoms with E-state index in [0.29, 0.717) is 18.0 Å². The summed E-state index contributed by atoms with van der Waals surface area (Å²) in [4.78, 5) is 22.7. The standard InChI is InChI=1S/C27H25F3N4O2/c1-19(22-7-3-2-4-8-22)34(16-21-6-5-9-23(14-21)27(28,29)30)17-25-33-24(18-36-25)26(35)32-15-20-10-12-31-13-11-20/h2-14,18-19H,15-17H2,1H3,(H,32,35)/t19-/m1/s1. The lowest BCUT2D eigenvalue weighted by Crippen LogP contribution is -2.27. The quantitative estimate of drug-likeness (QED) is 0.319. The minimum absolute atomic E-state index is 0.130. The van der Waals surface area contributed by atoms with Gasteiger partial charge in [-0.15, -0.1) is 0 Å². The molecule has 2 heterocycles. The van der Waals surface area contributed by atoms with Crippen LogP contribution in [0.2, 0.25) is 0 Å². The molecule has 0 fully saturated rings. The molecule has 0 saturated carbocycles. The highest BCUT2D eigenvalue weighted by Crippen LogP contribution is 2.31. The first-order chi connectivity index (χ1) is 17.3. The number of alkyl halides is 3. The van der Waals surface area contributed by atoms with Gasteiger partial charge in [0.2, 0.25) is 5.89 Å². The van der Waals surface area contributed by atoms with Gasteiger partial charge in [0.05, 0.1) is 12.1 Å². The Kier molecular flexibility index (Phi) is 7.80. The summed E-state index contributed by atoms with van der Waals surface area (Å²) in [5, 5.41) is 2.78. The third-order valence-electron chi connectivity index (χ3n) is 5.79. The van der Waals surface area contributed by atoms with Crippen molar-refractivity contribution in [2.24, 2.45) is 0 Å². The first-order valence-electron chi connectivity index (χ1n) is 11.4. The van der Waals surface area contributed by atoms with Crippen LogP contribution in [0.5, 0.6) is 0 Å². The number of pyridine rings is 1. The molecule has 0 aliphatic carbocycles. The number of nitrogens with one attached hydrogen (secondary N) is 1. The van der Waals surface area contributed by atoms with Crippen LogP contribution in [-0.2, 0) is 25.8 Å². The lowest BCUT2D eigenvalue weighted by atomic mass is 10.0. The SMILES string of the molecule is C[C@H](c1ccccc1)N(Cc1cccc(C(F)(F)F)c1)Cc1nc(C(=O)NCc2ccncc2)co1. The topological polar surface area (TPSA) is 71.3 Å². The van der Waals surface area contributed by atoms with E-state index in [9.17, 15) is 18.0 Å². The van der Waals surface area contributed by atoms with E-state index in [-0.39, 0.29) is 30.7 Å². The Bertz CT molecular complexity index is 1280. The second-order valence-electron chi connectivity index (χ2n) is 8.35. The Morgan fingerprint density at radius 1 is 1.00 bits per heavy atom. The molecule has 0 saturated heterocycles. The van der Waals surface area contributed by atoms with E-state index in [1.807, 2.05) is 42.2 Å². The van der Waals surface area contributed by atoms with Crippen molar-refractivity contribution in [3.8, 4) is 0 Å². The minimum Gasteiger partial charge on any atom is -0.447 e. The lowest BCUT2D eigenvalue weighted by molar-refractivity contribution is -0.137. The van der Waals surface area contributed by atoms with E-state index in [2.05, 4.69) is 15.3 Å². The maximum Gasteiger partial charge on any atom is 0.416 e. The van der Waals surface area contributed by atoms with Crippen molar-refractivity contribution in [2.45, 2.75) is 38.8 Å². The molecule has 186 valence electrons. The van der Waals surface area contributed by atoms with Gasteiger partial charge >= 0.3 is 6.18 Å². The fourth-order valence-electron chi connectivity index (χ4n) is 3.79. The fourth-order valence-corrected chi connectivity index (χ4v) is 3.79. The van der Waals surface area contributed by atoms with Crippen molar-refractivity contribution in [1.29, 1.82) is 0 Å². The number of oxazole rings is 1. The number of rotatable bonds is 9. The van der Waals surface area contributed by atoms with Crippen molar-refractivity contribution in [3.63, 3.8) is 0 Å². The van der Waals surface area contributed by atoms with Gasteiger partial charge in [0.15, 0.2) is 5.69 Å². The fraction of sp³-hybridized carbons (Fsp3) is 0.222. The van der Waals surface area contributed by atoms with Gasteiger partial charge in [-0.2, -0.15) is 13.2 Å². The summed E-state index contributed by atoms with van der Waals surface area (Å²) < 4.78 is 45.3. The van der Waals surface area contributed by atoms with Crippen LogP contribution < -0.4 is 5.32 Å². The normalized spacial score (nSPS) is 12.5. The number of benzene rings is 2. The van der Waals surface area contributed by atoms with E-state index < -0.39 is 11.7 Å². The van der Waals surface area contributed by atoms with Crippen LogP contribution in [-0.4, -0.2) is 20.8 Å². The van der Waals surface area contributed by atoms with Gasteiger partial charge in [-0.25, -0.2) is 4.98 Å². The van der Waals surface area contributed by atoms with Crippen LogP contribution in [0.4, 0.5) is 13.2 Å². The first-order valence-corrected chi connectivity index (χ1v) is 11.4. The Labute approximate surface area is 206 Å². The van der Waals surface area contributed by atoms with Gasteiger partial charge < -0.3 is 9.73 Å². The van der Waals surface area contributed by atoms with Gasteiger partial charge in [0, 0.05) is 31.5 Å². The van der Waals surface area contributed by atoms with E-state index in [0.717, 1.165) is 23.3 Å². The molecule has 1 amide bonds. The average Bonchev–Trinajstić information content (AvgIpc) is 3.36. The molecule has 9 heteroatoms. The summed E-state index contributed by atoms with van der Waals surface area (Å²) >= 11 is 0. The molecule has 4 rings (SSSR count). The molecule has 2 aromatic carbocycles. The van der Waals surface area contributed by atoms with Crippen molar-refractivity contribution in [3.05, 3.63) is 119 Å². The monoisotopic (exact) mass is 494 g/mol. The highest BCUT2D eigenvalue weighted by atomic mass is 19.4. The second-order valence-corrected chi connectivity index (χ2v) is 8.35. The third kappa shape index (κ3) is 6.57. The zero-order chi connectivity index (χ0) is 25.5. The molecular formula is C27H25F3N4O2. The largest absolute Gasteiger partial charge is 0.447 e. The summed E-state index contributed by atoms with van der Waals surface area (Å²) in [6, 6.07) is 18.3. The Balaban J connectivity index is 1.51. The van der Waals surface area contributed by atoms with Crippen LogP contribution in [0.25, 0.3) is 0 Å². The maximum absolute atomic E-state index is 13.2. The summed E-state index contributed by atoms with van der Waals surface area (Å²) in [5.74, 6) is -0.0961. The number of hydrogen-bond donors (Lipinski definition) is 1. The molecular weight excluding hydrogens is 469 g/mol. The summed E-state index contributed by atoms with van der Waals surface area (Å²) in [6.45, 7) is 2.71. The highest BCUT2D eigenvalue weighted by Gasteiger charge is 2.30. The molecule has 36 heavy (non-hydrogen) atoms. The molecule has 0 aliphatic heterocycles. The first kappa shape index (κ1) is 25.1. The second kappa shape index (κ2) is 11.2. The minimum atomic E-state index is -4.42. The molecule has 4 aromatic rings. The van der Waals surface area contributed by atoms with Crippen LogP contribution in [0.3, 0.4) is 0 Å². The molecule has 2 aromatic heterocycles. The zero-order valence-electron chi connectivity index (χ0n) is 19.6. The van der Waals surface area contributed by atoms with Gasteiger partial charge in [-0.1, -0.05) is 48.5 Å². The van der Waals surface area contributed by atoms with Crippen LogP contribution in [0, 0.1) is 0 Å². The van der Waals surface area contributed by atoms with Crippen LogP contribution >= 0.6 is 0 Å². The number of carbonyl (C=O) groups excluding carboxylic acids is 1. The van der Waals surface area contributed by atoms with Gasteiger partial charge in [-0.3, -0.25) is 14.7 Å². The van der Waals surface area contributed by atoms with Crippen LogP contribution in [0.15, 0.2) is 89.8 Å². The van der Waals surface area contributed by atoms with Crippen molar-refractivity contribution >= 4 is 5.91 Å². The van der Waals surface area contributed by atoms with E-state index in [4.69, 9.17) is 4.42 Å². The Hall–Kier alpha value is -3.98. The molecule has 0 aliphatic rings. The third-order valence-corrected chi connectivity index (χ3v) is 5.79. The molecule has 6 nitrogen and oxygen atoms in total. The number of amides is 1. The molecule has 0 unspecified atom stereocenters. The maximum atomic E-state index is 13.2. The summed E-state index contributed by atoms with van der Waals surface area (Å²) in [5.41, 5.74) is 1.83. The Morgan fingerprint density at radius 2 is 1.75 bits per heavy atom. The Morgan fingerprint density at radius 3 is 2.47 bits per heavy atom. The molecule has 1 atom stereocenters. The van der Waals surface area contributed by atoms with Crippen molar-refractivity contribution < 1.29 is 22.4 Å². The highest BCUT2D eigenvalue weighted by molar-refractivity contribution is 5.91. The average molecular weight is 495 g/mol. The lowest BCUT2D eigenvalue weighted by Gasteiger charge is -2.28. The predicted octanol–water partition coefficient (Wildman–Crippen LogP) is 5.78. The van der Waals surface area contributed by atoms with Gasteiger partial charge in [0.25, 0.3) is 5.91 Å².